The first kappa shape index (κ1) is 16.5. The van der Waals surface area contributed by atoms with Crippen molar-refractivity contribution in [2.24, 2.45) is 0 Å². The minimum atomic E-state index is -2.32. The van der Waals surface area contributed by atoms with Gasteiger partial charge < -0.3 is 9.73 Å². The molecule has 1 aliphatic rings. The fourth-order valence-corrected chi connectivity index (χ4v) is 2.71. The number of oxazole rings is 1. The molecule has 0 aromatic carbocycles. The van der Waals surface area contributed by atoms with E-state index in [-0.39, 0.29) is 24.2 Å². The van der Waals surface area contributed by atoms with E-state index in [1.54, 1.807) is 29.4 Å². The predicted molar refractivity (Wildman–Crippen MR) is 82.7 cm³/mol. The lowest BCUT2D eigenvalue weighted by atomic mass is 10.0. The van der Waals surface area contributed by atoms with Gasteiger partial charge in [0.1, 0.15) is 6.26 Å². The molecule has 0 saturated carbocycles. The van der Waals surface area contributed by atoms with Crippen LogP contribution in [-0.4, -0.2) is 52.9 Å². The molecule has 0 radical (unpaired) electrons. The molecule has 24 heavy (non-hydrogen) atoms. The number of carbonyl (C=O) groups excluding carboxylic acids is 1. The van der Waals surface area contributed by atoms with Crippen LogP contribution in [0.25, 0.3) is 11.5 Å². The van der Waals surface area contributed by atoms with Gasteiger partial charge in [0.15, 0.2) is 5.69 Å². The molecular formula is C16H18F2N4O2. The highest BCUT2D eigenvalue weighted by Crippen LogP contribution is 2.18. The number of halogens is 2. The number of piperidine rings is 1. The van der Waals surface area contributed by atoms with Crippen molar-refractivity contribution >= 4 is 5.91 Å². The fraction of sp³-hybridized carbons (Fsp3) is 0.438. The van der Waals surface area contributed by atoms with Gasteiger partial charge in [0.25, 0.3) is 12.3 Å². The van der Waals surface area contributed by atoms with Crippen LogP contribution in [0.5, 0.6) is 0 Å². The highest BCUT2D eigenvalue weighted by atomic mass is 19.3. The van der Waals surface area contributed by atoms with E-state index in [1.807, 2.05) is 0 Å². The number of alkyl halides is 2. The van der Waals surface area contributed by atoms with Gasteiger partial charge in [-0.2, -0.15) is 0 Å². The number of hydrogen-bond donors (Lipinski definition) is 1. The molecule has 0 aliphatic carbocycles. The van der Waals surface area contributed by atoms with E-state index in [1.165, 1.54) is 6.26 Å². The van der Waals surface area contributed by atoms with Gasteiger partial charge in [0, 0.05) is 31.5 Å². The summed E-state index contributed by atoms with van der Waals surface area (Å²) < 4.78 is 30.0. The third-order valence-electron chi connectivity index (χ3n) is 3.96. The Kier molecular flexibility index (Phi) is 5.14. The number of carbonyl (C=O) groups is 1. The number of nitrogens with one attached hydrogen (secondary N) is 1. The Labute approximate surface area is 137 Å². The Balaban J connectivity index is 1.54. The van der Waals surface area contributed by atoms with Gasteiger partial charge in [-0.05, 0) is 25.0 Å². The van der Waals surface area contributed by atoms with Crippen molar-refractivity contribution in [3.63, 3.8) is 0 Å². The average molecular weight is 336 g/mol. The smallest absolute Gasteiger partial charge is 0.273 e. The van der Waals surface area contributed by atoms with Crippen LogP contribution in [0.3, 0.4) is 0 Å². The van der Waals surface area contributed by atoms with Crippen LogP contribution in [0, 0.1) is 0 Å². The Morgan fingerprint density at radius 2 is 2.21 bits per heavy atom. The Bertz CT molecular complexity index is 670. The number of likely N-dealkylation sites (tertiary alicyclic amines) is 1. The Morgan fingerprint density at radius 1 is 1.42 bits per heavy atom. The van der Waals surface area contributed by atoms with Crippen molar-refractivity contribution in [1.29, 1.82) is 0 Å². The first-order chi connectivity index (χ1) is 11.6. The summed E-state index contributed by atoms with van der Waals surface area (Å²) in [7, 11) is 0. The number of rotatable bonds is 5. The van der Waals surface area contributed by atoms with Crippen molar-refractivity contribution in [3.05, 3.63) is 36.5 Å². The second kappa shape index (κ2) is 7.48. The molecule has 3 heterocycles. The van der Waals surface area contributed by atoms with Crippen molar-refractivity contribution in [1.82, 2.24) is 20.2 Å². The topological polar surface area (TPSA) is 71.3 Å². The molecule has 1 N–H and O–H groups in total. The standard InChI is InChI=1S/C16H18F2N4O2/c17-14(18)9-22-6-3-12(4-7-22)20-15(23)13-10-24-16(21-13)11-2-1-5-19-8-11/h1-2,5,8,10,12,14H,3-4,6-7,9H2,(H,20,23). The van der Waals surface area contributed by atoms with E-state index in [2.05, 4.69) is 15.3 Å². The Morgan fingerprint density at radius 3 is 2.88 bits per heavy atom. The molecule has 1 amide bonds. The molecule has 1 aliphatic heterocycles. The van der Waals surface area contributed by atoms with Gasteiger partial charge in [-0.25, -0.2) is 13.8 Å². The average Bonchev–Trinajstić information content (AvgIpc) is 3.07. The second-order valence-electron chi connectivity index (χ2n) is 5.72. The monoisotopic (exact) mass is 336 g/mol. The maximum Gasteiger partial charge on any atom is 0.273 e. The van der Waals surface area contributed by atoms with Crippen molar-refractivity contribution in [3.8, 4) is 11.5 Å². The van der Waals surface area contributed by atoms with Gasteiger partial charge in [0.2, 0.25) is 5.89 Å². The lowest BCUT2D eigenvalue weighted by Gasteiger charge is -2.31. The van der Waals surface area contributed by atoms with E-state index in [4.69, 9.17) is 4.42 Å². The zero-order valence-electron chi connectivity index (χ0n) is 13.0. The maximum absolute atomic E-state index is 12.4. The highest BCUT2D eigenvalue weighted by Gasteiger charge is 2.24. The number of pyridine rings is 1. The maximum atomic E-state index is 12.4. The lowest BCUT2D eigenvalue weighted by molar-refractivity contribution is 0.0695. The van der Waals surface area contributed by atoms with Crippen LogP contribution in [0.4, 0.5) is 8.78 Å². The lowest BCUT2D eigenvalue weighted by Crippen LogP contribution is -2.45. The summed E-state index contributed by atoms with van der Waals surface area (Å²) >= 11 is 0. The van der Waals surface area contributed by atoms with Crippen LogP contribution < -0.4 is 5.32 Å². The van der Waals surface area contributed by atoms with Crippen LogP contribution in [0.15, 0.2) is 35.2 Å². The first-order valence-corrected chi connectivity index (χ1v) is 7.79. The Hall–Kier alpha value is -2.35. The minimum Gasteiger partial charge on any atom is -0.444 e. The zero-order chi connectivity index (χ0) is 16.9. The molecule has 128 valence electrons. The zero-order valence-corrected chi connectivity index (χ0v) is 13.0. The summed E-state index contributed by atoms with van der Waals surface area (Å²) in [4.78, 5) is 22.1. The summed E-state index contributed by atoms with van der Waals surface area (Å²) in [5, 5.41) is 2.88. The molecule has 0 unspecified atom stereocenters. The van der Waals surface area contributed by atoms with E-state index in [0.717, 1.165) is 0 Å². The number of nitrogens with zero attached hydrogens (tertiary/aromatic N) is 3. The predicted octanol–water partition coefficient (Wildman–Crippen LogP) is 2.20. The van der Waals surface area contributed by atoms with Gasteiger partial charge in [-0.1, -0.05) is 0 Å². The third kappa shape index (κ3) is 4.14. The molecule has 2 aromatic rings. The van der Waals surface area contributed by atoms with E-state index in [0.29, 0.717) is 37.4 Å². The summed E-state index contributed by atoms with van der Waals surface area (Å²) in [6.07, 6.45) is 3.52. The number of aromatic nitrogens is 2. The molecule has 0 atom stereocenters. The highest BCUT2D eigenvalue weighted by molar-refractivity contribution is 5.92. The van der Waals surface area contributed by atoms with E-state index < -0.39 is 6.43 Å². The van der Waals surface area contributed by atoms with E-state index >= 15 is 0 Å². The van der Waals surface area contributed by atoms with Crippen molar-refractivity contribution < 1.29 is 18.0 Å². The summed E-state index contributed by atoms with van der Waals surface area (Å²) in [6.45, 7) is 0.891. The van der Waals surface area contributed by atoms with Gasteiger partial charge in [0.05, 0.1) is 12.1 Å². The molecule has 1 fully saturated rings. The quantitative estimate of drug-likeness (QED) is 0.906. The molecule has 0 bridgehead atoms. The SMILES string of the molecule is O=C(NC1CCN(CC(F)F)CC1)c1coc(-c2cccnc2)n1. The van der Waals surface area contributed by atoms with E-state index in [9.17, 15) is 13.6 Å². The third-order valence-corrected chi connectivity index (χ3v) is 3.96. The molecule has 1 saturated heterocycles. The van der Waals surface area contributed by atoms with Crippen LogP contribution in [0.2, 0.25) is 0 Å². The van der Waals surface area contributed by atoms with Crippen molar-refractivity contribution in [2.75, 3.05) is 19.6 Å². The second-order valence-corrected chi connectivity index (χ2v) is 5.72. The van der Waals surface area contributed by atoms with Crippen LogP contribution in [0.1, 0.15) is 23.3 Å². The first-order valence-electron chi connectivity index (χ1n) is 7.79. The molecule has 0 spiro atoms. The van der Waals surface area contributed by atoms with Gasteiger partial charge in [-0.15, -0.1) is 0 Å². The summed E-state index contributed by atoms with van der Waals surface area (Å²) in [6, 6.07) is 3.51. The summed E-state index contributed by atoms with van der Waals surface area (Å²) in [5.41, 5.74) is 0.890. The normalized spacial score (nSPS) is 16.5. The van der Waals surface area contributed by atoms with Gasteiger partial charge >= 0.3 is 0 Å². The van der Waals surface area contributed by atoms with Crippen LogP contribution in [-0.2, 0) is 0 Å². The molecule has 6 nitrogen and oxygen atoms in total. The van der Waals surface area contributed by atoms with Crippen LogP contribution >= 0.6 is 0 Å². The van der Waals surface area contributed by atoms with Crippen molar-refractivity contribution in [2.45, 2.75) is 25.3 Å². The fourth-order valence-electron chi connectivity index (χ4n) is 2.71. The molecule has 3 rings (SSSR count). The number of amides is 1. The van der Waals surface area contributed by atoms with Gasteiger partial charge in [-0.3, -0.25) is 14.7 Å². The molecule has 8 heteroatoms. The summed E-state index contributed by atoms with van der Waals surface area (Å²) in [5.74, 6) is 0.0150. The molecule has 2 aromatic heterocycles. The largest absolute Gasteiger partial charge is 0.444 e. The minimum absolute atomic E-state index is 0.0371. The number of hydrogen-bond acceptors (Lipinski definition) is 5. The molecular weight excluding hydrogens is 318 g/mol.